The van der Waals surface area contributed by atoms with E-state index in [0.717, 1.165) is 5.56 Å². The summed E-state index contributed by atoms with van der Waals surface area (Å²) < 4.78 is 11.4. The Labute approximate surface area is 187 Å². The normalized spacial score (nSPS) is 10.6. The second-order valence-corrected chi connectivity index (χ2v) is 6.98. The molecule has 0 unspecified atom stereocenters. The number of aromatic amines is 1. The van der Waals surface area contributed by atoms with Crippen LogP contribution in [-0.2, 0) is 6.61 Å². The number of hydrogen-bond acceptors (Lipinski definition) is 6. The SMILES string of the molecule is CCOc1cc(-c2c(C(=O)O)c(N)[nH]c(=O)c2C(=O)O)ccc1OCc1ccccc1Cl. The number of carbonyl (C=O) groups is 2. The summed E-state index contributed by atoms with van der Waals surface area (Å²) in [7, 11) is 0. The fourth-order valence-corrected chi connectivity index (χ4v) is 3.35. The summed E-state index contributed by atoms with van der Waals surface area (Å²) in [4.78, 5) is 37.9. The molecule has 3 rings (SSSR count). The Bertz CT molecular complexity index is 1250. The van der Waals surface area contributed by atoms with Crippen molar-refractivity contribution in [2.45, 2.75) is 13.5 Å². The number of aromatic nitrogens is 1. The van der Waals surface area contributed by atoms with Gasteiger partial charge in [0.2, 0.25) is 0 Å². The van der Waals surface area contributed by atoms with Crippen molar-refractivity contribution in [1.82, 2.24) is 4.98 Å². The van der Waals surface area contributed by atoms with Gasteiger partial charge < -0.3 is 30.4 Å². The molecule has 0 aliphatic carbocycles. The van der Waals surface area contributed by atoms with E-state index in [-0.39, 0.29) is 30.1 Å². The number of carboxylic acids is 2. The van der Waals surface area contributed by atoms with Gasteiger partial charge >= 0.3 is 11.9 Å². The Morgan fingerprint density at radius 1 is 1.03 bits per heavy atom. The Balaban J connectivity index is 2.13. The minimum Gasteiger partial charge on any atom is -0.490 e. The van der Waals surface area contributed by atoms with Gasteiger partial charge in [0.25, 0.3) is 5.56 Å². The topological polar surface area (TPSA) is 152 Å². The van der Waals surface area contributed by atoms with Crippen LogP contribution in [0.1, 0.15) is 33.2 Å². The van der Waals surface area contributed by atoms with Crippen molar-refractivity contribution in [2.24, 2.45) is 0 Å². The van der Waals surface area contributed by atoms with Gasteiger partial charge in [-0.15, -0.1) is 0 Å². The number of pyridine rings is 1. The maximum absolute atomic E-state index is 12.2. The number of halogens is 1. The first-order valence-electron chi connectivity index (χ1n) is 9.40. The minimum atomic E-state index is -1.60. The summed E-state index contributed by atoms with van der Waals surface area (Å²) in [6.07, 6.45) is 0. The molecule has 0 saturated heterocycles. The maximum Gasteiger partial charge on any atom is 0.342 e. The van der Waals surface area contributed by atoms with Gasteiger partial charge in [0.05, 0.1) is 6.61 Å². The Morgan fingerprint density at radius 2 is 1.72 bits per heavy atom. The number of aromatic carboxylic acids is 2. The first-order chi connectivity index (χ1) is 15.2. The number of hydrogen-bond donors (Lipinski definition) is 4. The quantitative estimate of drug-likeness (QED) is 0.399. The molecule has 9 nitrogen and oxygen atoms in total. The minimum absolute atomic E-state index is 0.117. The highest BCUT2D eigenvalue weighted by molar-refractivity contribution is 6.31. The first-order valence-corrected chi connectivity index (χ1v) is 9.78. The second kappa shape index (κ2) is 9.44. The van der Waals surface area contributed by atoms with Crippen LogP contribution in [0.25, 0.3) is 11.1 Å². The van der Waals surface area contributed by atoms with Crippen molar-refractivity contribution in [2.75, 3.05) is 12.3 Å². The Hall–Kier alpha value is -3.98. The summed E-state index contributed by atoms with van der Waals surface area (Å²) in [5.41, 5.74) is 3.91. The van der Waals surface area contributed by atoms with E-state index in [2.05, 4.69) is 4.98 Å². The van der Waals surface area contributed by atoms with Crippen molar-refractivity contribution >= 4 is 29.4 Å². The number of nitrogens with two attached hydrogens (primary N) is 1. The van der Waals surface area contributed by atoms with Gasteiger partial charge in [0.1, 0.15) is 23.6 Å². The molecule has 32 heavy (non-hydrogen) atoms. The summed E-state index contributed by atoms with van der Waals surface area (Å²) in [5.74, 6) is -3.00. The molecule has 0 radical (unpaired) electrons. The summed E-state index contributed by atoms with van der Waals surface area (Å²) >= 11 is 6.15. The molecule has 0 fully saturated rings. The van der Waals surface area contributed by atoms with Gasteiger partial charge in [0, 0.05) is 16.1 Å². The van der Waals surface area contributed by atoms with E-state index in [1.165, 1.54) is 18.2 Å². The van der Waals surface area contributed by atoms with Crippen molar-refractivity contribution in [3.8, 4) is 22.6 Å². The standard InChI is InChI=1S/C22H19ClN2O7/c1-2-31-15-9-11(7-8-14(15)32-10-12-5-3-4-6-13(12)23)16-17(21(27)28)19(24)25-20(26)18(16)22(29)30/h3-9H,2,10H2,1H3,(H,27,28)(H,29,30)(H3,24,25,26). The molecular formula is C22H19ClN2O7. The molecule has 0 saturated carbocycles. The lowest BCUT2D eigenvalue weighted by molar-refractivity contribution is 0.0695. The first kappa shape index (κ1) is 22.7. The van der Waals surface area contributed by atoms with E-state index in [1.54, 1.807) is 25.1 Å². The zero-order chi connectivity index (χ0) is 23.4. The molecule has 0 atom stereocenters. The predicted octanol–water partition coefficient (Wildman–Crippen LogP) is 3.65. The van der Waals surface area contributed by atoms with E-state index < -0.39 is 34.4 Å². The largest absolute Gasteiger partial charge is 0.490 e. The molecule has 0 bridgehead atoms. The number of ether oxygens (including phenoxy) is 2. The number of carboxylic acid groups (broad SMARTS) is 2. The molecule has 0 aliphatic rings. The lowest BCUT2D eigenvalue weighted by Gasteiger charge is -2.16. The molecule has 0 spiro atoms. The fourth-order valence-electron chi connectivity index (χ4n) is 3.16. The van der Waals surface area contributed by atoms with Gasteiger partial charge in [-0.3, -0.25) is 4.79 Å². The highest BCUT2D eigenvalue weighted by atomic mass is 35.5. The lowest BCUT2D eigenvalue weighted by atomic mass is 9.95. The smallest absolute Gasteiger partial charge is 0.342 e. The van der Waals surface area contributed by atoms with E-state index in [9.17, 15) is 24.6 Å². The predicted molar refractivity (Wildman–Crippen MR) is 118 cm³/mol. The van der Waals surface area contributed by atoms with Gasteiger partial charge in [-0.25, -0.2) is 9.59 Å². The van der Waals surface area contributed by atoms with Crippen LogP contribution in [0, 0.1) is 0 Å². The van der Waals surface area contributed by atoms with Crippen molar-refractivity contribution < 1.29 is 29.3 Å². The number of rotatable bonds is 8. The molecule has 0 aliphatic heterocycles. The highest BCUT2D eigenvalue weighted by Gasteiger charge is 2.27. The van der Waals surface area contributed by atoms with Crippen LogP contribution in [0.15, 0.2) is 47.3 Å². The van der Waals surface area contributed by atoms with Crippen LogP contribution < -0.4 is 20.8 Å². The average molecular weight is 459 g/mol. The zero-order valence-electron chi connectivity index (χ0n) is 16.8. The third-order valence-corrected chi connectivity index (χ3v) is 4.91. The van der Waals surface area contributed by atoms with Crippen LogP contribution in [0.4, 0.5) is 5.82 Å². The van der Waals surface area contributed by atoms with E-state index in [0.29, 0.717) is 10.8 Å². The molecule has 166 valence electrons. The fraction of sp³-hybridized carbons (Fsp3) is 0.136. The molecule has 1 heterocycles. The second-order valence-electron chi connectivity index (χ2n) is 6.58. The molecule has 3 aromatic rings. The van der Waals surface area contributed by atoms with E-state index in [1.807, 2.05) is 6.07 Å². The van der Waals surface area contributed by atoms with E-state index in [4.69, 9.17) is 26.8 Å². The summed E-state index contributed by atoms with van der Waals surface area (Å²) in [6.45, 7) is 2.12. The number of H-pyrrole nitrogens is 1. The third-order valence-electron chi connectivity index (χ3n) is 4.55. The molecular weight excluding hydrogens is 440 g/mol. The van der Waals surface area contributed by atoms with Crippen LogP contribution >= 0.6 is 11.6 Å². The van der Waals surface area contributed by atoms with Gasteiger partial charge in [-0.1, -0.05) is 35.9 Å². The number of nitrogens with one attached hydrogen (secondary N) is 1. The maximum atomic E-state index is 12.2. The van der Waals surface area contributed by atoms with Crippen molar-refractivity contribution in [1.29, 1.82) is 0 Å². The monoisotopic (exact) mass is 458 g/mol. The zero-order valence-corrected chi connectivity index (χ0v) is 17.6. The van der Waals surface area contributed by atoms with Crippen LogP contribution in [-0.4, -0.2) is 33.7 Å². The summed E-state index contributed by atoms with van der Waals surface area (Å²) in [6, 6.07) is 11.5. The third kappa shape index (κ3) is 4.52. The van der Waals surface area contributed by atoms with Gasteiger partial charge in [0.15, 0.2) is 11.5 Å². The lowest BCUT2D eigenvalue weighted by Crippen LogP contribution is -2.24. The number of benzene rings is 2. The Morgan fingerprint density at radius 3 is 2.34 bits per heavy atom. The molecule has 1 aromatic heterocycles. The number of anilines is 1. The molecule has 5 N–H and O–H groups in total. The van der Waals surface area contributed by atoms with Gasteiger partial charge in [-0.2, -0.15) is 0 Å². The summed E-state index contributed by atoms with van der Waals surface area (Å²) in [5, 5.41) is 19.7. The highest BCUT2D eigenvalue weighted by Crippen LogP contribution is 2.37. The van der Waals surface area contributed by atoms with Crippen LogP contribution in [0.2, 0.25) is 5.02 Å². The molecule has 0 amide bonds. The van der Waals surface area contributed by atoms with E-state index >= 15 is 0 Å². The molecule has 10 heteroatoms. The van der Waals surface area contributed by atoms with Gasteiger partial charge in [-0.05, 0) is 30.7 Å². The van der Waals surface area contributed by atoms with Crippen molar-refractivity contribution in [3.63, 3.8) is 0 Å². The van der Waals surface area contributed by atoms with Crippen molar-refractivity contribution in [3.05, 3.63) is 74.5 Å². The average Bonchev–Trinajstić information content (AvgIpc) is 2.72. The van der Waals surface area contributed by atoms with Crippen LogP contribution in [0.3, 0.4) is 0 Å². The Kier molecular flexibility index (Phi) is 6.70. The van der Waals surface area contributed by atoms with Crippen LogP contribution in [0.5, 0.6) is 11.5 Å². The number of nitrogen functional groups attached to an aromatic ring is 1. The molecule has 2 aromatic carbocycles.